The quantitative estimate of drug-likeness (QED) is 0.826. The molecule has 0 atom stereocenters. The summed E-state index contributed by atoms with van der Waals surface area (Å²) in [5.41, 5.74) is 1.15. The van der Waals surface area contributed by atoms with E-state index in [0.717, 1.165) is 18.0 Å². The van der Waals surface area contributed by atoms with Gasteiger partial charge in [-0.05, 0) is 37.9 Å². The summed E-state index contributed by atoms with van der Waals surface area (Å²) >= 11 is 1.83. The maximum absolute atomic E-state index is 4.72. The van der Waals surface area contributed by atoms with Crippen LogP contribution < -0.4 is 0 Å². The SMILES string of the molecule is CN(Cc1nc2ccccc2s1)CC1CCCCC1. The molecule has 1 heterocycles. The predicted molar refractivity (Wildman–Crippen MR) is 82.5 cm³/mol. The minimum absolute atomic E-state index is 0.910. The van der Waals surface area contributed by atoms with E-state index in [1.165, 1.54) is 48.4 Å². The highest BCUT2D eigenvalue weighted by atomic mass is 32.1. The number of hydrogen-bond donors (Lipinski definition) is 0. The third-order valence-electron chi connectivity index (χ3n) is 4.04. The summed E-state index contributed by atoms with van der Waals surface area (Å²) in [5.74, 6) is 0.910. The van der Waals surface area contributed by atoms with Gasteiger partial charge in [0.1, 0.15) is 5.01 Å². The number of fused-ring (bicyclic) bond motifs is 1. The second-order valence-corrected chi connectivity index (χ2v) is 6.89. The third-order valence-corrected chi connectivity index (χ3v) is 5.06. The van der Waals surface area contributed by atoms with Gasteiger partial charge in [-0.3, -0.25) is 4.90 Å². The molecule has 0 N–H and O–H groups in total. The molecule has 1 aromatic carbocycles. The summed E-state index contributed by atoms with van der Waals surface area (Å²) in [5, 5.41) is 1.25. The summed E-state index contributed by atoms with van der Waals surface area (Å²) < 4.78 is 1.31. The Balaban J connectivity index is 1.60. The molecule has 19 heavy (non-hydrogen) atoms. The van der Waals surface area contributed by atoms with Gasteiger partial charge in [0, 0.05) is 6.54 Å². The molecule has 0 radical (unpaired) electrons. The Morgan fingerprint density at radius 2 is 2.00 bits per heavy atom. The Hall–Kier alpha value is -0.930. The summed E-state index contributed by atoms with van der Waals surface area (Å²) in [6, 6.07) is 8.43. The Labute approximate surface area is 119 Å². The minimum Gasteiger partial charge on any atom is -0.299 e. The van der Waals surface area contributed by atoms with Gasteiger partial charge in [0.15, 0.2) is 0 Å². The largest absolute Gasteiger partial charge is 0.299 e. The number of hydrogen-bond acceptors (Lipinski definition) is 3. The van der Waals surface area contributed by atoms with Crippen LogP contribution >= 0.6 is 11.3 Å². The van der Waals surface area contributed by atoms with Gasteiger partial charge in [-0.15, -0.1) is 11.3 Å². The lowest BCUT2D eigenvalue weighted by molar-refractivity contribution is 0.228. The van der Waals surface area contributed by atoms with E-state index in [1.54, 1.807) is 0 Å². The molecule has 1 fully saturated rings. The van der Waals surface area contributed by atoms with Crippen LogP contribution in [-0.2, 0) is 6.54 Å². The highest BCUT2D eigenvalue weighted by molar-refractivity contribution is 7.18. The number of aromatic nitrogens is 1. The van der Waals surface area contributed by atoms with Crippen LogP contribution in [0.15, 0.2) is 24.3 Å². The molecule has 1 aliphatic rings. The van der Waals surface area contributed by atoms with Crippen molar-refractivity contribution in [3.8, 4) is 0 Å². The van der Waals surface area contributed by atoms with E-state index >= 15 is 0 Å². The molecule has 2 nitrogen and oxygen atoms in total. The average Bonchev–Trinajstić information content (AvgIpc) is 2.81. The van der Waals surface area contributed by atoms with Crippen molar-refractivity contribution in [1.82, 2.24) is 9.88 Å². The summed E-state index contributed by atoms with van der Waals surface area (Å²) in [7, 11) is 2.24. The summed E-state index contributed by atoms with van der Waals surface area (Å²) in [6.45, 7) is 2.23. The van der Waals surface area contributed by atoms with E-state index in [1.807, 2.05) is 11.3 Å². The van der Waals surface area contributed by atoms with Crippen LogP contribution in [0.2, 0.25) is 0 Å². The van der Waals surface area contributed by atoms with Crippen LogP contribution in [0.3, 0.4) is 0 Å². The van der Waals surface area contributed by atoms with Gasteiger partial charge in [-0.25, -0.2) is 4.98 Å². The number of para-hydroxylation sites is 1. The second-order valence-electron chi connectivity index (χ2n) is 5.78. The van der Waals surface area contributed by atoms with Gasteiger partial charge in [-0.2, -0.15) is 0 Å². The van der Waals surface area contributed by atoms with E-state index in [4.69, 9.17) is 4.98 Å². The minimum atomic E-state index is 0.910. The van der Waals surface area contributed by atoms with Gasteiger partial charge in [0.2, 0.25) is 0 Å². The molecule has 0 unspecified atom stereocenters. The van der Waals surface area contributed by atoms with Gasteiger partial charge in [-0.1, -0.05) is 31.4 Å². The standard InChI is InChI=1S/C16H22N2S/c1-18(11-13-7-3-2-4-8-13)12-16-17-14-9-5-6-10-15(14)19-16/h5-6,9-10,13H,2-4,7-8,11-12H2,1H3. The molecule has 0 aliphatic heterocycles. The van der Waals surface area contributed by atoms with Gasteiger partial charge < -0.3 is 0 Å². The van der Waals surface area contributed by atoms with E-state index in [2.05, 4.69) is 36.2 Å². The first-order valence-electron chi connectivity index (χ1n) is 7.34. The molecule has 0 spiro atoms. The third kappa shape index (κ3) is 3.34. The zero-order chi connectivity index (χ0) is 13.1. The Morgan fingerprint density at radius 3 is 2.79 bits per heavy atom. The van der Waals surface area contributed by atoms with Crippen molar-refractivity contribution >= 4 is 21.6 Å². The number of rotatable bonds is 4. The first-order valence-corrected chi connectivity index (χ1v) is 8.16. The zero-order valence-electron chi connectivity index (χ0n) is 11.6. The van der Waals surface area contributed by atoms with Gasteiger partial charge >= 0.3 is 0 Å². The lowest BCUT2D eigenvalue weighted by Crippen LogP contribution is -2.26. The lowest BCUT2D eigenvalue weighted by Gasteiger charge is -2.26. The van der Waals surface area contributed by atoms with E-state index in [0.29, 0.717) is 0 Å². The van der Waals surface area contributed by atoms with Crippen LogP contribution in [0.25, 0.3) is 10.2 Å². The molecule has 1 aliphatic carbocycles. The highest BCUT2D eigenvalue weighted by Gasteiger charge is 2.16. The zero-order valence-corrected chi connectivity index (χ0v) is 12.5. The number of benzene rings is 1. The molecule has 1 saturated carbocycles. The van der Waals surface area contributed by atoms with Crippen molar-refractivity contribution in [2.45, 2.75) is 38.6 Å². The molecule has 3 heteroatoms. The van der Waals surface area contributed by atoms with Crippen LogP contribution in [-0.4, -0.2) is 23.5 Å². The first kappa shape index (κ1) is 13.1. The monoisotopic (exact) mass is 274 g/mol. The molecule has 0 amide bonds. The van der Waals surface area contributed by atoms with Crippen LogP contribution in [0, 0.1) is 5.92 Å². The molecular weight excluding hydrogens is 252 g/mol. The van der Waals surface area contributed by atoms with Crippen LogP contribution in [0.5, 0.6) is 0 Å². The van der Waals surface area contributed by atoms with E-state index < -0.39 is 0 Å². The maximum Gasteiger partial charge on any atom is 0.108 e. The summed E-state index contributed by atoms with van der Waals surface area (Å²) in [6.07, 6.45) is 7.14. The average molecular weight is 274 g/mol. The molecule has 0 saturated heterocycles. The van der Waals surface area contributed by atoms with Crippen molar-refractivity contribution in [3.63, 3.8) is 0 Å². The molecule has 2 aromatic rings. The van der Waals surface area contributed by atoms with Gasteiger partial charge in [0.05, 0.1) is 16.8 Å². The predicted octanol–water partition coefficient (Wildman–Crippen LogP) is 4.31. The smallest absolute Gasteiger partial charge is 0.108 e. The molecule has 102 valence electrons. The molecule has 3 rings (SSSR count). The maximum atomic E-state index is 4.72. The number of nitrogens with zero attached hydrogens (tertiary/aromatic N) is 2. The fourth-order valence-corrected chi connectivity index (χ4v) is 4.14. The van der Waals surface area contributed by atoms with Crippen molar-refractivity contribution in [2.24, 2.45) is 5.92 Å². The van der Waals surface area contributed by atoms with Crippen LogP contribution in [0.1, 0.15) is 37.1 Å². The molecule has 1 aromatic heterocycles. The van der Waals surface area contributed by atoms with Crippen LogP contribution in [0.4, 0.5) is 0 Å². The topological polar surface area (TPSA) is 16.1 Å². The Kier molecular flexibility index (Phi) is 4.14. The normalized spacial score (nSPS) is 17.4. The highest BCUT2D eigenvalue weighted by Crippen LogP contribution is 2.26. The fraction of sp³-hybridized carbons (Fsp3) is 0.562. The lowest BCUT2D eigenvalue weighted by atomic mass is 9.89. The van der Waals surface area contributed by atoms with Crippen molar-refractivity contribution in [3.05, 3.63) is 29.3 Å². The second kappa shape index (κ2) is 6.02. The number of thiazole rings is 1. The first-order chi connectivity index (χ1) is 9.31. The van der Waals surface area contributed by atoms with E-state index in [9.17, 15) is 0 Å². The molecule has 0 bridgehead atoms. The van der Waals surface area contributed by atoms with Crippen molar-refractivity contribution in [2.75, 3.05) is 13.6 Å². The Morgan fingerprint density at radius 1 is 1.21 bits per heavy atom. The van der Waals surface area contributed by atoms with Gasteiger partial charge in [0.25, 0.3) is 0 Å². The van der Waals surface area contributed by atoms with Crippen molar-refractivity contribution < 1.29 is 0 Å². The van der Waals surface area contributed by atoms with E-state index in [-0.39, 0.29) is 0 Å². The summed E-state index contributed by atoms with van der Waals surface area (Å²) in [4.78, 5) is 7.17. The Bertz CT molecular complexity index is 495. The molecular formula is C16H22N2S. The van der Waals surface area contributed by atoms with Crippen molar-refractivity contribution in [1.29, 1.82) is 0 Å². The fourth-order valence-electron chi connectivity index (χ4n) is 3.09.